The van der Waals surface area contributed by atoms with Crippen molar-refractivity contribution in [1.82, 2.24) is 0 Å². The number of fused-ring (bicyclic) bond motifs is 1. The van der Waals surface area contributed by atoms with Crippen LogP contribution in [-0.2, 0) is 6.42 Å². The SMILES string of the molecule is [CH2]C1Cc2cc(C)cc(-c3ccc(Cl)cc3)c2O1. The van der Waals surface area contributed by atoms with Gasteiger partial charge in [0.25, 0.3) is 0 Å². The van der Waals surface area contributed by atoms with E-state index in [9.17, 15) is 0 Å². The molecular weight excluding hydrogens is 244 g/mol. The topological polar surface area (TPSA) is 9.23 Å². The van der Waals surface area contributed by atoms with Crippen LogP contribution in [0.1, 0.15) is 11.1 Å². The van der Waals surface area contributed by atoms with E-state index in [-0.39, 0.29) is 6.10 Å². The third-order valence-corrected chi connectivity index (χ3v) is 3.45. The van der Waals surface area contributed by atoms with Crippen LogP contribution in [0.25, 0.3) is 11.1 Å². The van der Waals surface area contributed by atoms with Crippen LogP contribution in [-0.4, -0.2) is 6.10 Å². The Morgan fingerprint density at radius 3 is 2.67 bits per heavy atom. The van der Waals surface area contributed by atoms with E-state index in [1.54, 1.807) is 0 Å². The highest BCUT2D eigenvalue weighted by Gasteiger charge is 2.23. The van der Waals surface area contributed by atoms with E-state index in [1.807, 2.05) is 24.3 Å². The second-order valence-corrected chi connectivity index (χ2v) is 5.19. The zero-order valence-corrected chi connectivity index (χ0v) is 11.0. The molecule has 3 rings (SSSR count). The molecule has 18 heavy (non-hydrogen) atoms. The minimum atomic E-state index is 0.0212. The maximum Gasteiger partial charge on any atom is 0.130 e. The van der Waals surface area contributed by atoms with E-state index in [4.69, 9.17) is 16.3 Å². The normalized spacial score (nSPS) is 17.4. The van der Waals surface area contributed by atoms with Gasteiger partial charge in [0.1, 0.15) is 11.9 Å². The predicted octanol–water partition coefficient (Wildman–Crippen LogP) is 4.45. The summed E-state index contributed by atoms with van der Waals surface area (Å²) in [6, 6.07) is 12.2. The Hall–Kier alpha value is -1.47. The minimum absolute atomic E-state index is 0.0212. The molecule has 0 saturated carbocycles. The van der Waals surface area contributed by atoms with Gasteiger partial charge in [-0.3, -0.25) is 0 Å². The van der Waals surface area contributed by atoms with E-state index >= 15 is 0 Å². The van der Waals surface area contributed by atoms with E-state index in [1.165, 1.54) is 11.1 Å². The molecule has 0 N–H and O–H groups in total. The average Bonchev–Trinajstić information content (AvgIpc) is 2.69. The molecule has 0 bridgehead atoms. The molecule has 2 aromatic carbocycles. The van der Waals surface area contributed by atoms with Crippen molar-refractivity contribution >= 4 is 11.6 Å². The highest BCUT2D eigenvalue weighted by molar-refractivity contribution is 6.30. The Labute approximate surface area is 112 Å². The number of hydrogen-bond donors (Lipinski definition) is 0. The van der Waals surface area contributed by atoms with Crippen LogP contribution in [0.15, 0.2) is 36.4 Å². The summed E-state index contributed by atoms with van der Waals surface area (Å²) in [7, 11) is 0. The zero-order valence-electron chi connectivity index (χ0n) is 10.2. The molecule has 1 heterocycles. The minimum Gasteiger partial charge on any atom is -0.489 e. The summed E-state index contributed by atoms with van der Waals surface area (Å²) in [5.74, 6) is 0.975. The van der Waals surface area contributed by atoms with Crippen molar-refractivity contribution in [3.8, 4) is 16.9 Å². The van der Waals surface area contributed by atoms with Gasteiger partial charge in [0.05, 0.1) is 0 Å². The molecule has 1 radical (unpaired) electrons. The molecule has 0 saturated heterocycles. The van der Waals surface area contributed by atoms with Crippen molar-refractivity contribution in [2.45, 2.75) is 19.4 Å². The first-order chi connectivity index (χ1) is 8.63. The Kier molecular flexibility index (Phi) is 2.79. The Bertz CT molecular complexity index is 587. The predicted molar refractivity (Wildman–Crippen MR) is 75.1 cm³/mol. The summed E-state index contributed by atoms with van der Waals surface area (Å²) in [6.07, 6.45) is 0.908. The van der Waals surface area contributed by atoms with Crippen molar-refractivity contribution in [3.05, 3.63) is 59.5 Å². The first-order valence-electron chi connectivity index (χ1n) is 6.02. The lowest BCUT2D eigenvalue weighted by Gasteiger charge is -2.11. The molecule has 0 fully saturated rings. The van der Waals surface area contributed by atoms with Gasteiger partial charge in [-0.05, 0) is 48.7 Å². The molecular formula is C16H14ClO. The van der Waals surface area contributed by atoms with Gasteiger partial charge >= 0.3 is 0 Å². The van der Waals surface area contributed by atoms with E-state index in [0.29, 0.717) is 0 Å². The summed E-state index contributed by atoms with van der Waals surface area (Å²) < 4.78 is 5.83. The van der Waals surface area contributed by atoms with Crippen molar-refractivity contribution < 1.29 is 4.74 Å². The molecule has 0 amide bonds. The standard InChI is InChI=1S/C16H14ClO/c1-10-7-13-9-11(2)18-16(13)15(8-10)12-3-5-14(17)6-4-12/h3-8,11H,2,9H2,1H3. The molecule has 1 nitrogen and oxygen atoms in total. The monoisotopic (exact) mass is 257 g/mol. The molecule has 1 aliphatic rings. The van der Waals surface area contributed by atoms with Crippen LogP contribution in [0.5, 0.6) is 5.75 Å². The lowest BCUT2D eigenvalue weighted by atomic mass is 9.98. The van der Waals surface area contributed by atoms with Crippen molar-refractivity contribution in [1.29, 1.82) is 0 Å². The Morgan fingerprint density at radius 2 is 1.94 bits per heavy atom. The van der Waals surface area contributed by atoms with Crippen molar-refractivity contribution in [2.24, 2.45) is 0 Å². The zero-order chi connectivity index (χ0) is 12.7. The van der Waals surface area contributed by atoms with Crippen molar-refractivity contribution in [3.63, 3.8) is 0 Å². The van der Waals surface area contributed by atoms with Gasteiger partial charge in [-0.2, -0.15) is 0 Å². The summed E-state index contributed by atoms with van der Waals surface area (Å²) >= 11 is 5.93. The van der Waals surface area contributed by atoms with Gasteiger partial charge in [-0.15, -0.1) is 0 Å². The number of halogens is 1. The first kappa shape index (κ1) is 11.6. The second kappa shape index (κ2) is 4.33. The van der Waals surface area contributed by atoms with E-state index in [0.717, 1.165) is 28.3 Å². The average molecular weight is 258 g/mol. The summed E-state index contributed by atoms with van der Waals surface area (Å²) in [5, 5.41) is 0.749. The van der Waals surface area contributed by atoms with Crippen LogP contribution in [0.2, 0.25) is 5.02 Å². The van der Waals surface area contributed by atoms with Crippen LogP contribution < -0.4 is 4.74 Å². The summed E-state index contributed by atoms with van der Waals surface area (Å²) in [6.45, 7) is 6.09. The van der Waals surface area contributed by atoms with Crippen LogP contribution >= 0.6 is 11.6 Å². The van der Waals surface area contributed by atoms with Crippen molar-refractivity contribution in [2.75, 3.05) is 0 Å². The Morgan fingerprint density at radius 1 is 1.22 bits per heavy atom. The molecule has 1 unspecified atom stereocenters. The molecule has 1 atom stereocenters. The van der Waals surface area contributed by atoms with E-state index in [2.05, 4.69) is 26.0 Å². The first-order valence-corrected chi connectivity index (χ1v) is 6.40. The quantitative estimate of drug-likeness (QED) is 0.733. The highest BCUT2D eigenvalue weighted by Crippen LogP contribution is 2.39. The van der Waals surface area contributed by atoms with E-state index < -0.39 is 0 Å². The fraction of sp³-hybridized carbons (Fsp3) is 0.188. The third kappa shape index (κ3) is 1.99. The number of rotatable bonds is 1. The maximum atomic E-state index is 5.93. The fourth-order valence-corrected chi connectivity index (χ4v) is 2.56. The maximum absolute atomic E-state index is 5.93. The third-order valence-electron chi connectivity index (χ3n) is 3.20. The molecule has 0 spiro atoms. The molecule has 2 heteroatoms. The lowest BCUT2D eigenvalue weighted by Crippen LogP contribution is -2.06. The highest BCUT2D eigenvalue weighted by atomic mass is 35.5. The second-order valence-electron chi connectivity index (χ2n) is 4.75. The van der Waals surface area contributed by atoms with Crippen LogP contribution in [0.3, 0.4) is 0 Å². The number of hydrogen-bond acceptors (Lipinski definition) is 1. The fourth-order valence-electron chi connectivity index (χ4n) is 2.44. The molecule has 0 aromatic heterocycles. The van der Waals surface area contributed by atoms with Gasteiger partial charge in [-0.25, -0.2) is 0 Å². The smallest absolute Gasteiger partial charge is 0.130 e. The molecule has 0 aliphatic carbocycles. The summed E-state index contributed by atoms with van der Waals surface area (Å²) in [4.78, 5) is 0. The van der Waals surface area contributed by atoms with Gasteiger partial charge in [-0.1, -0.05) is 29.8 Å². The van der Waals surface area contributed by atoms with Gasteiger partial charge in [0, 0.05) is 17.0 Å². The van der Waals surface area contributed by atoms with Crippen LogP contribution in [0.4, 0.5) is 0 Å². The largest absolute Gasteiger partial charge is 0.489 e. The van der Waals surface area contributed by atoms with Gasteiger partial charge in [0.2, 0.25) is 0 Å². The van der Waals surface area contributed by atoms with Gasteiger partial charge < -0.3 is 4.74 Å². The van der Waals surface area contributed by atoms with Gasteiger partial charge in [0.15, 0.2) is 0 Å². The molecule has 1 aliphatic heterocycles. The Balaban J connectivity index is 2.15. The number of ether oxygens (including phenoxy) is 1. The van der Waals surface area contributed by atoms with Crippen LogP contribution in [0, 0.1) is 13.8 Å². The molecule has 91 valence electrons. The molecule has 2 aromatic rings. The summed E-state index contributed by atoms with van der Waals surface area (Å²) in [5.41, 5.74) is 4.76. The number of benzene rings is 2. The lowest BCUT2D eigenvalue weighted by molar-refractivity contribution is 0.282. The number of aryl methyl sites for hydroxylation is 1.